The third-order valence-electron chi connectivity index (χ3n) is 3.28. The predicted molar refractivity (Wildman–Crippen MR) is 62.1 cm³/mol. The summed E-state index contributed by atoms with van der Waals surface area (Å²) in [5.41, 5.74) is 0. The second kappa shape index (κ2) is 5.32. The van der Waals surface area contributed by atoms with Gasteiger partial charge in [-0.3, -0.25) is 4.79 Å². The standard InChI is InChI=1S/C11H20O3S/c1-6-9(4-5-15)14-11(8(3)12)7(2)10(6)13/h6-7,9-11,13,15H,4-5H2,1-3H3/t6?,7?,9-,10?,11?/m0/s1. The minimum absolute atomic E-state index is 0.00221. The monoisotopic (exact) mass is 232 g/mol. The van der Waals surface area contributed by atoms with Crippen molar-refractivity contribution < 1.29 is 14.6 Å². The van der Waals surface area contributed by atoms with Crippen LogP contribution < -0.4 is 0 Å². The van der Waals surface area contributed by atoms with E-state index in [1.54, 1.807) is 0 Å². The third-order valence-corrected chi connectivity index (χ3v) is 3.54. The Hall–Kier alpha value is -0.0600. The molecule has 0 saturated carbocycles. The summed E-state index contributed by atoms with van der Waals surface area (Å²) in [6.07, 6.45) is -0.195. The van der Waals surface area contributed by atoms with Crippen LogP contribution in [0.5, 0.6) is 0 Å². The summed E-state index contributed by atoms with van der Waals surface area (Å²) in [6.45, 7) is 5.34. The van der Waals surface area contributed by atoms with E-state index in [-0.39, 0.29) is 23.7 Å². The number of hydrogen-bond donors (Lipinski definition) is 2. The predicted octanol–water partition coefficient (Wildman–Crippen LogP) is 1.30. The van der Waals surface area contributed by atoms with Gasteiger partial charge >= 0.3 is 0 Å². The van der Waals surface area contributed by atoms with Crippen molar-refractivity contribution in [2.45, 2.75) is 45.5 Å². The molecule has 1 heterocycles. The Labute approximate surface area is 96.6 Å². The number of carbonyl (C=O) groups is 1. The fraction of sp³-hybridized carbons (Fsp3) is 0.909. The Morgan fingerprint density at radius 1 is 1.40 bits per heavy atom. The maximum atomic E-state index is 11.4. The van der Waals surface area contributed by atoms with E-state index >= 15 is 0 Å². The highest BCUT2D eigenvalue weighted by Crippen LogP contribution is 2.32. The van der Waals surface area contributed by atoms with Gasteiger partial charge in [-0.25, -0.2) is 0 Å². The maximum Gasteiger partial charge on any atom is 0.158 e. The van der Waals surface area contributed by atoms with Crippen molar-refractivity contribution in [1.82, 2.24) is 0 Å². The van der Waals surface area contributed by atoms with Crippen molar-refractivity contribution in [1.29, 1.82) is 0 Å². The summed E-state index contributed by atoms with van der Waals surface area (Å²) < 4.78 is 5.72. The lowest BCUT2D eigenvalue weighted by Crippen LogP contribution is -2.51. The number of aliphatic hydroxyl groups is 1. The lowest BCUT2D eigenvalue weighted by molar-refractivity contribution is -0.174. The lowest BCUT2D eigenvalue weighted by atomic mass is 9.81. The summed E-state index contributed by atoms with van der Waals surface area (Å²) in [7, 11) is 0. The molecule has 0 amide bonds. The molecule has 0 aliphatic carbocycles. The SMILES string of the molecule is CC(=O)C1O[C@@H](CCS)C(C)C(O)C1C. The summed E-state index contributed by atoms with van der Waals surface area (Å²) in [4.78, 5) is 11.4. The van der Waals surface area contributed by atoms with Gasteiger partial charge < -0.3 is 9.84 Å². The number of rotatable bonds is 3. The van der Waals surface area contributed by atoms with E-state index in [0.717, 1.165) is 6.42 Å². The molecule has 0 radical (unpaired) electrons. The average molecular weight is 232 g/mol. The Morgan fingerprint density at radius 2 is 2.00 bits per heavy atom. The maximum absolute atomic E-state index is 11.4. The van der Waals surface area contributed by atoms with Crippen molar-refractivity contribution in [3.63, 3.8) is 0 Å². The van der Waals surface area contributed by atoms with Crippen molar-refractivity contribution in [2.24, 2.45) is 11.8 Å². The quantitative estimate of drug-likeness (QED) is 0.721. The average Bonchev–Trinajstić information content (AvgIpc) is 2.18. The number of aliphatic hydroxyl groups excluding tert-OH is 1. The zero-order chi connectivity index (χ0) is 11.6. The number of hydrogen-bond acceptors (Lipinski definition) is 4. The fourth-order valence-corrected chi connectivity index (χ4v) is 2.49. The normalized spacial score (nSPS) is 41.5. The van der Waals surface area contributed by atoms with E-state index in [2.05, 4.69) is 12.6 Å². The third kappa shape index (κ3) is 2.74. The Morgan fingerprint density at radius 3 is 2.47 bits per heavy atom. The van der Waals surface area contributed by atoms with Gasteiger partial charge in [0.1, 0.15) is 6.10 Å². The van der Waals surface area contributed by atoms with Crippen LogP contribution in [-0.4, -0.2) is 35.0 Å². The Bertz CT molecular complexity index is 232. The van der Waals surface area contributed by atoms with Crippen LogP contribution in [0.1, 0.15) is 27.2 Å². The molecular formula is C11H20O3S. The second-order valence-corrected chi connectivity index (χ2v) is 4.87. The van der Waals surface area contributed by atoms with Gasteiger partial charge in [-0.2, -0.15) is 12.6 Å². The largest absolute Gasteiger partial charge is 0.392 e. The van der Waals surface area contributed by atoms with Gasteiger partial charge in [-0.15, -0.1) is 0 Å². The molecule has 3 nitrogen and oxygen atoms in total. The van der Waals surface area contributed by atoms with E-state index in [4.69, 9.17) is 4.74 Å². The minimum atomic E-state index is -0.461. The first-order valence-electron chi connectivity index (χ1n) is 5.43. The first-order valence-corrected chi connectivity index (χ1v) is 6.07. The van der Waals surface area contributed by atoms with Crippen molar-refractivity contribution in [2.75, 3.05) is 5.75 Å². The first kappa shape index (κ1) is 13.0. The molecule has 0 bridgehead atoms. The molecule has 88 valence electrons. The highest BCUT2D eigenvalue weighted by Gasteiger charge is 2.41. The molecule has 1 aliphatic heterocycles. The number of thiol groups is 1. The molecule has 1 fully saturated rings. The highest BCUT2D eigenvalue weighted by molar-refractivity contribution is 7.80. The molecule has 1 aliphatic rings. The van der Waals surface area contributed by atoms with Gasteiger partial charge in [0, 0.05) is 11.8 Å². The van der Waals surface area contributed by atoms with Crippen molar-refractivity contribution in [3.8, 4) is 0 Å². The van der Waals surface area contributed by atoms with Crippen LogP contribution in [0.4, 0.5) is 0 Å². The van der Waals surface area contributed by atoms with Crippen LogP contribution in [-0.2, 0) is 9.53 Å². The van der Waals surface area contributed by atoms with Gasteiger partial charge in [0.25, 0.3) is 0 Å². The number of ether oxygens (including phenoxy) is 1. The van der Waals surface area contributed by atoms with Crippen LogP contribution in [0.2, 0.25) is 0 Å². The van der Waals surface area contributed by atoms with Gasteiger partial charge in [0.05, 0.1) is 12.2 Å². The molecule has 0 spiro atoms. The van der Waals surface area contributed by atoms with Crippen LogP contribution in [0.25, 0.3) is 0 Å². The first-order chi connectivity index (χ1) is 6.99. The van der Waals surface area contributed by atoms with E-state index < -0.39 is 12.2 Å². The zero-order valence-electron chi connectivity index (χ0n) is 9.51. The smallest absolute Gasteiger partial charge is 0.158 e. The summed E-state index contributed by atoms with van der Waals surface area (Å²) in [5, 5.41) is 10.0. The molecule has 1 N–H and O–H groups in total. The molecule has 0 aromatic rings. The number of ketones is 1. The van der Waals surface area contributed by atoms with Gasteiger partial charge in [0.15, 0.2) is 5.78 Å². The van der Waals surface area contributed by atoms with Crippen molar-refractivity contribution >= 4 is 18.4 Å². The topological polar surface area (TPSA) is 46.5 Å². The Kier molecular flexibility index (Phi) is 4.62. The Balaban J connectivity index is 2.75. The second-order valence-electron chi connectivity index (χ2n) is 4.43. The molecule has 0 aromatic heterocycles. The van der Waals surface area contributed by atoms with E-state index in [9.17, 15) is 9.90 Å². The minimum Gasteiger partial charge on any atom is -0.392 e. The molecule has 5 atom stereocenters. The van der Waals surface area contributed by atoms with E-state index in [1.165, 1.54) is 6.92 Å². The molecule has 1 rings (SSSR count). The molecule has 4 heteroatoms. The number of carbonyl (C=O) groups excluding carboxylic acids is 1. The molecule has 1 saturated heterocycles. The molecule has 15 heavy (non-hydrogen) atoms. The van der Waals surface area contributed by atoms with Crippen LogP contribution in [0.3, 0.4) is 0 Å². The van der Waals surface area contributed by atoms with Gasteiger partial charge in [-0.1, -0.05) is 13.8 Å². The summed E-state index contributed by atoms with van der Waals surface area (Å²) in [6, 6.07) is 0. The van der Waals surface area contributed by atoms with Crippen LogP contribution >= 0.6 is 12.6 Å². The van der Waals surface area contributed by atoms with Gasteiger partial charge in [-0.05, 0) is 19.1 Å². The fourth-order valence-electron chi connectivity index (χ4n) is 2.24. The summed E-state index contributed by atoms with van der Waals surface area (Å²) in [5.74, 6) is 0.662. The van der Waals surface area contributed by atoms with Crippen LogP contribution in [0.15, 0.2) is 0 Å². The van der Waals surface area contributed by atoms with E-state index in [0.29, 0.717) is 5.75 Å². The van der Waals surface area contributed by atoms with Crippen molar-refractivity contribution in [3.05, 3.63) is 0 Å². The zero-order valence-corrected chi connectivity index (χ0v) is 10.4. The number of Topliss-reactive ketones (excluding diaryl/α,β-unsaturated/α-hetero) is 1. The van der Waals surface area contributed by atoms with Gasteiger partial charge in [0.2, 0.25) is 0 Å². The van der Waals surface area contributed by atoms with E-state index in [1.807, 2.05) is 13.8 Å². The highest BCUT2D eigenvalue weighted by atomic mass is 32.1. The lowest BCUT2D eigenvalue weighted by Gasteiger charge is -2.41. The molecular weight excluding hydrogens is 212 g/mol. The van der Waals surface area contributed by atoms with Crippen LogP contribution in [0, 0.1) is 11.8 Å². The molecule has 0 aromatic carbocycles. The summed E-state index contributed by atoms with van der Waals surface area (Å²) >= 11 is 4.16. The molecule has 4 unspecified atom stereocenters.